The minimum atomic E-state index is 0.617. The molecule has 1 aromatic heterocycles. The Hall–Kier alpha value is -0.920. The molecule has 2 unspecified atom stereocenters. The molecule has 0 N–H and O–H groups in total. The van der Waals surface area contributed by atoms with Crippen LogP contribution < -0.4 is 0 Å². The van der Waals surface area contributed by atoms with Gasteiger partial charge in [0.25, 0.3) is 0 Å². The Morgan fingerprint density at radius 2 is 2.00 bits per heavy atom. The molecule has 2 nitrogen and oxygen atoms in total. The molecule has 0 saturated heterocycles. The lowest BCUT2D eigenvalue weighted by Gasteiger charge is -2.12. The van der Waals surface area contributed by atoms with Crippen molar-refractivity contribution in [1.82, 2.24) is 9.97 Å². The van der Waals surface area contributed by atoms with Gasteiger partial charge in [0, 0.05) is 18.3 Å². The summed E-state index contributed by atoms with van der Waals surface area (Å²) in [5.41, 5.74) is 0. The molecule has 64 valence electrons. The predicted molar refractivity (Wildman–Crippen MR) is 47.8 cm³/mol. The number of hydrogen-bond acceptors (Lipinski definition) is 2. The number of nitrogens with zero attached hydrogens (tertiary/aromatic N) is 2. The van der Waals surface area contributed by atoms with E-state index < -0.39 is 0 Å². The van der Waals surface area contributed by atoms with E-state index in [0.717, 1.165) is 11.7 Å². The van der Waals surface area contributed by atoms with Crippen LogP contribution >= 0.6 is 0 Å². The maximum Gasteiger partial charge on any atom is 0.131 e. The molecule has 0 bridgehead atoms. The standard InChI is InChI=1S/C10H14N2/c1-8-4-2-5-9(8)10-11-6-3-7-12-10/h3,6-9H,2,4-5H2,1H3. The van der Waals surface area contributed by atoms with Gasteiger partial charge >= 0.3 is 0 Å². The molecule has 1 aliphatic carbocycles. The van der Waals surface area contributed by atoms with Gasteiger partial charge in [0.05, 0.1) is 0 Å². The van der Waals surface area contributed by atoms with E-state index in [2.05, 4.69) is 16.9 Å². The third-order valence-corrected chi connectivity index (χ3v) is 2.78. The van der Waals surface area contributed by atoms with Crippen LogP contribution in [0.4, 0.5) is 0 Å². The van der Waals surface area contributed by atoms with Crippen LogP contribution in [0.25, 0.3) is 0 Å². The van der Waals surface area contributed by atoms with Gasteiger partial charge in [-0.05, 0) is 24.8 Å². The molecule has 0 aliphatic heterocycles. The zero-order valence-corrected chi connectivity index (χ0v) is 7.40. The molecule has 1 saturated carbocycles. The highest BCUT2D eigenvalue weighted by molar-refractivity contribution is 5.01. The highest BCUT2D eigenvalue weighted by atomic mass is 14.9. The van der Waals surface area contributed by atoms with Crippen molar-refractivity contribution >= 4 is 0 Å². The van der Waals surface area contributed by atoms with Crippen molar-refractivity contribution < 1.29 is 0 Å². The highest BCUT2D eigenvalue weighted by Crippen LogP contribution is 2.37. The molecule has 1 heterocycles. The molecule has 1 aliphatic rings. The van der Waals surface area contributed by atoms with E-state index >= 15 is 0 Å². The molecule has 2 rings (SSSR count). The quantitative estimate of drug-likeness (QED) is 0.633. The van der Waals surface area contributed by atoms with E-state index in [4.69, 9.17) is 0 Å². The monoisotopic (exact) mass is 162 g/mol. The zero-order valence-electron chi connectivity index (χ0n) is 7.40. The predicted octanol–water partition coefficient (Wildman–Crippen LogP) is 2.38. The van der Waals surface area contributed by atoms with Crippen LogP contribution in [-0.2, 0) is 0 Å². The average Bonchev–Trinajstić information content (AvgIpc) is 2.53. The Balaban J connectivity index is 2.19. The third-order valence-electron chi connectivity index (χ3n) is 2.78. The van der Waals surface area contributed by atoms with Gasteiger partial charge in [-0.1, -0.05) is 13.3 Å². The number of aromatic nitrogens is 2. The van der Waals surface area contributed by atoms with Crippen LogP contribution in [0, 0.1) is 5.92 Å². The first-order valence-electron chi connectivity index (χ1n) is 4.65. The van der Waals surface area contributed by atoms with Gasteiger partial charge in [0.15, 0.2) is 0 Å². The summed E-state index contributed by atoms with van der Waals surface area (Å²) >= 11 is 0. The largest absolute Gasteiger partial charge is 0.241 e. The Morgan fingerprint density at radius 1 is 1.25 bits per heavy atom. The van der Waals surface area contributed by atoms with Crippen molar-refractivity contribution in [3.63, 3.8) is 0 Å². The second-order valence-electron chi connectivity index (χ2n) is 3.62. The van der Waals surface area contributed by atoms with Crippen LogP contribution in [0.1, 0.15) is 37.9 Å². The van der Waals surface area contributed by atoms with Gasteiger partial charge < -0.3 is 0 Å². The SMILES string of the molecule is CC1CCCC1c1ncccn1. The fourth-order valence-electron chi connectivity index (χ4n) is 2.03. The minimum absolute atomic E-state index is 0.617. The molecular formula is C10H14N2. The fraction of sp³-hybridized carbons (Fsp3) is 0.600. The van der Waals surface area contributed by atoms with Gasteiger partial charge in [0.2, 0.25) is 0 Å². The summed E-state index contributed by atoms with van der Waals surface area (Å²) in [6.45, 7) is 2.30. The van der Waals surface area contributed by atoms with E-state index in [1.54, 1.807) is 0 Å². The Morgan fingerprint density at radius 3 is 2.58 bits per heavy atom. The molecule has 0 aromatic carbocycles. The molecule has 1 aromatic rings. The smallest absolute Gasteiger partial charge is 0.131 e. The van der Waals surface area contributed by atoms with Crippen molar-refractivity contribution in [2.75, 3.05) is 0 Å². The molecular weight excluding hydrogens is 148 g/mol. The van der Waals surface area contributed by atoms with Crippen molar-refractivity contribution in [1.29, 1.82) is 0 Å². The average molecular weight is 162 g/mol. The minimum Gasteiger partial charge on any atom is -0.241 e. The lowest BCUT2D eigenvalue weighted by Crippen LogP contribution is -2.06. The first-order valence-corrected chi connectivity index (χ1v) is 4.65. The summed E-state index contributed by atoms with van der Waals surface area (Å²) < 4.78 is 0. The van der Waals surface area contributed by atoms with E-state index in [1.165, 1.54) is 19.3 Å². The Kier molecular flexibility index (Phi) is 2.07. The lowest BCUT2D eigenvalue weighted by atomic mass is 9.97. The fourth-order valence-corrected chi connectivity index (χ4v) is 2.03. The van der Waals surface area contributed by atoms with Gasteiger partial charge in [-0.25, -0.2) is 9.97 Å². The summed E-state index contributed by atoms with van der Waals surface area (Å²) in [4.78, 5) is 8.60. The lowest BCUT2D eigenvalue weighted by molar-refractivity contribution is 0.509. The first-order chi connectivity index (χ1) is 5.88. The van der Waals surface area contributed by atoms with Crippen LogP contribution in [0.5, 0.6) is 0 Å². The summed E-state index contributed by atoms with van der Waals surface area (Å²) in [5.74, 6) is 2.43. The zero-order chi connectivity index (χ0) is 8.39. The molecule has 1 fully saturated rings. The topological polar surface area (TPSA) is 25.8 Å². The number of hydrogen-bond donors (Lipinski definition) is 0. The molecule has 12 heavy (non-hydrogen) atoms. The normalized spacial score (nSPS) is 29.1. The molecule has 2 atom stereocenters. The van der Waals surface area contributed by atoms with E-state index in [-0.39, 0.29) is 0 Å². The first kappa shape index (κ1) is 7.71. The number of rotatable bonds is 1. The highest BCUT2D eigenvalue weighted by Gasteiger charge is 2.26. The second kappa shape index (κ2) is 3.21. The molecule has 0 radical (unpaired) electrons. The summed E-state index contributed by atoms with van der Waals surface area (Å²) in [5, 5.41) is 0. The van der Waals surface area contributed by atoms with Crippen molar-refractivity contribution in [3.05, 3.63) is 24.3 Å². The summed E-state index contributed by atoms with van der Waals surface area (Å²) in [7, 11) is 0. The van der Waals surface area contributed by atoms with Crippen LogP contribution in [0.15, 0.2) is 18.5 Å². The van der Waals surface area contributed by atoms with Gasteiger partial charge in [-0.15, -0.1) is 0 Å². The third kappa shape index (κ3) is 1.33. The van der Waals surface area contributed by atoms with Gasteiger partial charge in [-0.2, -0.15) is 0 Å². The summed E-state index contributed by atoms with van der Waals surface area (Å²) in [6, 6.07) is 1.88. The van der Waals surface area contributed by atoms with Crippen LogP contribution in [0.2, 0.25) is 0 Å². The Bertz CT molecular complexity index is 245. The summed E-state index contributed by atoms with van der Waals surface area (Å²) in [6.07, 6.45) is 7.62. The van der Waals surface area contributed by atoms with E-state index in [1.807, 2.05) is 18.5 Å². The van der Waals surface area contributed by atoms with Gasteiger partial charge in [-0.3, -0.25) is 0 Å². The molecule has 0 amide bonds. The maximum atomic E-state index is 4.30. The Labute approximate surface area is 73.1 Å². The maximum absolute atomic E-state index is 4.30. The van der Waals surface area contributed by atoms with Crippen molar-refractivity contribution in [2.45, 2.75) is 32.1 Å². The van der Waals surface area contributed by atoms with Crippen LogP contribution in [0.3, 0.4) is 0 Å². The second-order valence-corrected chi connectivity index (χ2v) is 3.62. The van der Waals surface area contributed by atoms with E-state index in [9.17, 15) is 0 Å². The molecule has 0 spiro atoms. The van der Waals surface area contributed by atoms with Crippen molar-refractivity contribution in [2.24, 2.45) is 5.92 Å². The van der Waals surface area contributed by atoms with Gasteiger partial charge in [0.1, 0.15) is 5.82 Å². The van der Waals surface area contributed by atoms with E-state index in [0.29, 0.717) is 5.92 Å². The van der Waals surface area contributed by atoms with Crippen molar-refractivity contribution in [3.8, 4) is 0 Å². The molecule has 2 heteroatoms. The van der Waals surface area contributed by atoms with Crippen LogP contribution in [-0.4, -0.2) is 9.97 Å².